The molecule has 0 fully saturated rings. The molecule has 1 aliphatic rings. The first kappa shape index (κ1) is 22.2. The molecule has 0 saturated heterocycles. The third-order valence-electron chi connectivity index (χ3n) is 6.53. The van der Waals surface area contributed by atoms with Gasteiger partial charge in [-0.1, -0.05) is 42.5 Å². The molecule has 2 aromatic heterocycles. The van der Waals surface area contributed by atoms with Crippen LogP contribution in [-0.4, -0.2) is 26.7 Å². The highest BCUT2D eigenvalue weighted by atomic mass is 19.4. The number of hydrogen-bond donors (Lipinski definition) is 0. The van der Waals surface area contributed by atoms with E-state index in [1.807, 2.05) is 47.9 Å². The molecule has 1 unspecified atom stereocenters. The zero-order valence-corrected chi connectivity index (χ0v) is 18.7. The van der Waals surface area contributed by atoms with E-state index >= 15 is 0 Å². The molecule has 174 valence electrons. The van der Waals surface area contributed by atoms with Crippen LogP contribution in [-0.2, 0) is 23.9 Å². The molecule has 0 bridgehead atoms. The van der Waals surface area contributed by atoms with Crippen LogP contribution in [0.1, 0.15) is 45.8 Å². The number of fused-ring (bicyclic) bond motifs is 2. The van der Waals surface area contributed by atoms with Crippen LogP contribution in [0.4, 0.5) is 13.2 Å². The van der Waals surface area contributed by atoms with Crippen LogP contribution < -0.4 is 0 Å². The lowest BCUT2D eigenvalue weighted by Crippen LogP contribution is -2.36. The zero-order chi connectivity index (χ0) is 23.9. The molecule has 1 aliphatic heterocycles. The topological polar surface area (TPSA) is 37.6 Å². The number of hydrogen-bond acceptors (Lipinski definition) is 2. The summed E-state index contributed by atoms with van der Waals surface area (Å²) in [7, 11) is 0. The van der Waals surface area contributed by atoms with Crippen molar-refractivity contribution in [1.29, 1.82) is 0 Å². The van der Waals surface area contributed by atoms with Crippen molar-refractivity contribution in [1.82, 2.24) is 14.3 Å². The van der Waals surface area contributed by atoms with Gasteiger partial charge in [0.2, 0.25) is 5.91 Å². The lowest BCUT2D eigenvalue weighted by atomic mass is 9.90. The number of carbonyl (C=O) groups excluding carboxylic acids is 1. The summed E-state index contributed by atoms with van der Waals surface area (Å²) in [6.45, 7) is 3.06. The van der Waals surface area contributed by atoms with Gasteiger partial charge in [0, 0.05) is 37.8 Å². The fourth-order valence-corrected chi connectivity index (χ4v) is 4.70. The van der Waals surface area contributed by atoms with Crippen molar-refractivity contribution in [3.8, 4) is 0 Å². The van der Waals surface area contributed by atoms with Crippen molar-refractivity contribution in [2.24, 2.45) is 0 Å². The van der Waals surface area contributed by atoms with E-state index in [-0.39, 0.29) is 12.3 Å². The van der Waals surface area contributed by atoms with Gasteiger partial charge in [0.15, 0.2) is 0 Å². The standard InChI is InChI=1S/C27H24F3N3O/c1-18-9-12-33-24(16-31-25(33)13-18)23(20-7-4-8-22(14-20)27(28,29)30)15-26(34)32-11-10-19-5-2-3-6-21(19)17-32/h2-9,12-14,16,23H,10-11,15,17H2,1H3. The van der Waals surface area contributed by atoms with E-state index in [1.54, 1.807) is 17.2 Å². The summed E-state index contributed by atoms with van der Waals surface area (Å²) in [6.07, 6.45) is -0.109. The smallest absolute Gasteiger partial charge is 0.338 e. The number of alkyl halides is 3. The first-order valence-corrected chi connectivity index (χ1v) is 11.2. The highest BCUT2D eigenvalue weighted by Gasteiger charge is 2.32. The van der Waals surface area contributed by atoms with Crippen LogP contribution in [0.2, 0.25) is 0 Å². The molecule has 0 saturated carbocycles. The fourth-order valence-electron chi connectivity index (χ4n) is 4.70. The number of imidazole rings is 1. The predicted octanol–water partition coefficient (Wildman–Crippen LogP) is 5.77. The third kappa shape index (κ3) is 4.30. The number of nitrogens with zero attached hydrogens (tertiary/aromatic N) is 3. The number of amides is 1. The number of aromatic nitrogens is 2. The second kappa shape index (κ2) is 8.63. The Kier molecular flexibility index (Phi) is 5.63. The molecule has 0 aliphatic carbocycles. The van der Waals surface area contributed by atoms with Crippen LogP contribution in [0.25, 0.3) is 5.65 Å². The Hall–Kier alpha value is -3.61. The molecule has 0 spiro atoms. The Morgan fingerprint density at radius 2 is 1.85 bits per heavy atom. The average molecular weight is 464 g/mol. The van der Waals surface area contributed by atoms with Crippen molar-refractivity contribution >= 4 is 11.6 Å². The summed E-state index contributed by atoms with van der Waals surface area (Å²) in [5.74, 6) is -0.649. The molecule has 2 aromatic carbocycles. The van der Waals surface area contributed by atoms with Crippen molar-refractivity contribution in [2.45, 2.75) is 38.4 Å². The number of aryl methyl sites for hydroxylation is 1. The maximum Gasteiger partial charge on any atom is 0.416 e. The molecule has 7 heteroatoms. The second-order valence-electron chi connectivity index (χ2n) is 8.83. The number of rotatable bonds is 4. The summed E-state index contributed by atoms with van der Waals surface area (Å²) in [5, 5.41) is 0. The van der Waals surface area contributed by atoms with Gasteiger partial charge in [0.05, 0.1) is 11.3 Å². The lowest BCUT2D eigenvalue weighted by molar-refractivity contribution is -0.137. The molecule has 1 amide bonds. The van der Waals surface area contributed by atoms with Gasteiger partial charge >= 0.3 is 6.18 Å². The van der Waals surface area contributed by atoms with Gasteiger partial charge in [-0.05, 0) is 53.8 Å². The molecule has 34 heavy (non-hydrogen) atoms. The van der Waals surface area contributed by atoms with Gasteiger partial charge in [0.25, 0.3) is 0 Å². The maximum atomic E-state index is 13.5. The van der Waals surface area contributed by atoms with Gasteiger partial charge in [-0.2, -0.15) is 13.2 Å². The molecule has 1 atom stereocenters. The zero-order valence-electron chi connectivity index (χ0n) is 18.7. The predicted molar refractivity (Wildman–Crippen MR) is 123 cm³/mol. The molecular weight excluding hydrogens is 439 g/mol. The van der Waals surface area contributed by atoms with Crippen LogP contribution in [0.5, 0.6) is 0 Å². The number of halogens is 3. The normalized spacial score (nSPS) is 14.8. The Bertz CT molecular complexity index is 1360. The SMILES string of the molecule is Cc1ccn2c(C(CC(=O)N3CCc4ccccc4C3)c3cccc(C(F)(F)F)c3)cnc2c1. The number of pyridine rings is 1. The molecule has 3 heterocycles. The average Bonchev–Trinajstić information content (AvgIpc) is 3.24. The summed E-state index contributed by atoms with van der Waals surface area (Å²) in [5.41, 5.74) is 4.50. The Morgan fingerprint density at radius 1 is 1.06 bits per heavy atom. The van der Waals surface area contributed by atoms with Gasteiger partial charge in [-0.3, -0.25) is 4.79 Å². The largest absolute Gasteiger partial charge is 0.416 e. The first-order chi connectivity index (χ1) is 16.3. The van der Waals surface area contributed by atoms with E-state index in [2.05, 4.69) is 11.1 Å². The fraction of sp³-hybridized carbons (Fsp3) is 0.259. The molecule has 0 radical (unpaired) electrons. The summed E-state index contributed by atoms with van der Waals surface area (Å²) in [4.78, 5) is 19.7. The minimum Gasteiger partial charge on any atom is -0.338 e. The molecule has 4 nitrogen and oxygen atoms in total. The molecule has 4 aromatic rings. The van der Waals surface area contributed by atoms with Crippen molar-refractivity contribution in [3.05, 3.63) is 107 Å². The van der Waals surface area contributed by atoms with Crippen molar-refractivity contribution < 1.29 is 18.0 Å². The third-order valence-corrected chi connectivity index (χ3v) is 6.53. The van der Waals surface area contributed by atoms with Gasteiger partial charge < -0.3 is 9.30 Å². The number of carbonyl (C=O) groups is 1. The van der Waals surface area contributed by atoms with E-state index < -0.39 is 17.7 Å². The van der Waals surface area contributed by atoms with E-state index in [9.17, 15) is 18.0 Å². The highest BCUT2D eigenvalue weighted by Crippen LogP contribution is 2.35. The van der Waals surface area contributed by atoms with E-state index in [1.165, 1.54) is 11.6 Å². The minimum absolute atomic E-state index is 0.0607. The van der Waals surface area contributed by atoms with Crippen molar-refractivity contribution in [3.63, 3.8) is 0 Å². The summed E-state index contributed by atoms with van der Waals surface area (Å²) in [6, 6.07) is 17.1. The quantitative estimate of drug-likeness (QED) is 0.385. The van der Waals surface area contributed by atoms with Gasteiger partial charge in [-0.25, -0.2) is 4.98 Å². The highest BCUT2D eigenvalue weighted by molar-refractivity contribution is 5.78. The number of benzene rings is 2. The summed E-state index contributed by atoms with van der Waals surface area (Å²) < 4.78 is 42.3. The van der Waals surface area contributed by atoms with E-state index in [0.717, 1.165) is 29.7 Å². The Balaban J connectivity index is 1.52. The maximum absolute atomic E-state index is 13.5. The molecule has 0 N–H and O–H groups in total. The Morgan fingerprint density at radius 3 is 2.65 bits per heavy atom. The minimum atomic E-state index is -4.46. The first-order valence-electron chi connectivity index (χ1n) is 11.2. The lowest BCUT2D eigenvalue weighted by Gasteiger charge is -2.30. The monoisotopic (exact) mass is 463 g/mol. The van der Waals surface area contributed by atoms with Crippen molar-refractivity contribution in [2.75, 3.05) is 6.54 Å². The molecular formula is C27H24F3N3O. The van der Waals surface area contributed by atoms with Crippen LogP contribution in [0.15, 0.2) is 73.1 Å². The summed E-state index contributed by atoms with van der Waals surface area (Å²) >= 11 is 0. The van der Waals surface area contributed by atoms with Gasteiger partial charge in [0.1, 0.15) is 5.65 Å². The van der Waals surface area contributed by atoms with Crippen LogP contribution >= 0.6 is 0 Å². The van der Waals surface area contributed by atoms with E-state index in [4.69, 9.17) is 0 Å². The van der Waals surface area contributed by atoms with Gasteiger partial charge in [-0.15, -0.1) is 0 Å². The van der Waals surface area contributed by atoms with Crippen LogP contribution in [0.3, 0.4) is 0 Å². The molecule has 5 rings (SSSR count). The van der Waals surface area contributed by atoms with E-state index in [0.29, 0.717) is 30.0 Å². The second-order valence-corrected chi connectivity index (χ2v) is 8.83. The Labute approximate surface area is 195 Å². The van der Waals surface area contributed by atoms with Crippen LogP contribution in [0, 0.1) is 6.92 Å².